The largest absolute Gasteiger partial charge is 0.456 e. The summed E-state index contributed by atoms with van der Waals surface area (Å²) >= 11 is -0.758. The minimum atomic E-state index is -4.10. The number of carbonyl (C=O) groups excluding carboxylic acids is 2. The van der Waals surface area contributed by atoms with Crippen molar-refractivity contribution in [2.24, 2.45) is 23.7 Å². The molecule has 0 saturated heterocycles. The van der Waals surface area contributed by atoms with Crippen LogP contribution in [0.1, 0.15) is 39.0 Å². The van der Waals surface area contributed by atoms with Crippen molar-refractivity contribution in [3.63, 3.8) is 0 Å². The highest BCUT2D eigenvalue weighted by atomic mass is 32.2. The van der Waals surface area contributed by atoms with Crippen LogP contribution in [0, 0.1) is 23.7 Å². The zero-order valence-corrected chi connectivity index (χ0v) is 14.0. The number of esters is 2. The lowest BCUT2D eigenvalue weighted by atomic mass is 9.50. The van der Waals surface area contributed by atoms with Gasteiger partial charge in [-0.3, -0.25) is 0 Å². The second-order valence-corrected chi connectivity index (χ2v) is 8.04. The van der Waals surface area contributed by atoms with Gasteiger partial charge in [-0.25, -0.2) is 14.8 Å². The van der Waals surface area contributed by atoms with Crippen molar-refractivity contribution in [1.29, 1.82) is 0 Å². The molecule has 0 aromatic rings. The van der Waals surface area contributed by atoms with Crippen LogP contribution in [0.4, 0.5) is 8.78 Å². The molecule has 6 nitrogen and oxygen atoms in total. The van der Waals surface area contributed by atoms with Crippen LogP contribution in [0.2, 0.25) is 0 Å². The van der Waals surface area contributed by atoms with Gasteiger partial charge < -0.3 is 9.47 Å². The molecule has 0 heterocycles. The summed E-state index contributed by atoms with van der Waals surface area (Å²) in [6.45, 7) is 1.02. The second-order valence-electron chi connectivity index (χ2n) is 7.21. The summed E-state index contributed by atoms with van der Waals surface area (Å²) in [6.07, 6.45) is 5.37. The molecule has 0 atom stereocenters. The van der Waals surface area contributed by atoms with Gasteiger partial charge in [-0.15, -0.1) is 0 Å². The highest BCUT2D eigenvalue weighted by molar-refractivity contribution is 7.96. The van der Waals surface area contributed by atoms with Crippen molar-refractivity contribution >= 4 is 24.0 Å². The maximum Gasteiger partial charge on any atom is 0.415 e. The Morgan fingerprint density at radius 3 is 2.21 bits per heavy atom. The Hall–Kier alpha value is -0.930. The molecule has 0 amide bonds. The Labute approximate surface area is 142 Å². The minimum absolute atomic E-state index is 0.285. The molecule has 24 heavy (non-hydrogen) atoms. The van der Waals surface area contributed by atoms with Gasteiger partial charge in [-0.1, -0.05) is 0 Å². The van der Waals surface area contributed by atoms with Gasteiger partial charge in [0.15, 0.2) is 6.61 Å². The van der Waals surface area contributed by atoms with Gasteiger partial charge in [0.1, 0.15) is 17.6 Å². The summed E-state index contributed by atoms with van der Waals surface area (Å²) in [5.41, 5.74) is -0.609. The first-order valence-electron chi connectivity index (χ1n) is 8.00. The highest BCUT2D eigenvalue weighted by Crippen LogP contribution is 2.59. The van der Waals surface area contributed by atoms with Crippen LogP contribution in [0.3, 0.4) is 0 Å². The maximum atomic E-state index is 13.1. The Balaban J connectivity index is 1.54. The molecular formula is C15H20F2O6S. The molecule has 4 rings (SSSR count). The zero-order valence-electron chi connectivity index (χ0n) is 13.2. The van der Waals surface area contributed by atoms with Crippen molar-refractivity contribution in [2.45, 2.75) is 49.9 Å². The normalized spacial score (nSPS) is 37.3. The molecular weight excluding hydrogens is 346 g/mol. The van der Waals surface area contributed by atoms with Crippen molar-refractivity contribution in [2.75, 3.05) is 6.61 Å². The lowest BCUT2D eigenvalue weighted by molar-refractivity contribution is -0.208. The van der Waals surface area contributed by atoms with E-state index in [4.69, 9.17) is 9.99 Å². The quantitative estimate of drug-likeness (QED) is 0.335. The minimum Gasteiger partial charge on any atom is -0.456 e. The Kier molecular flexibility index (Phi) is 4.78. The van der Waals surface area contributed by atoms with Crippen LogP contribution in [0.5, 0.6) is 0 Å². The van der Waals surface area contributed by atoms with Crippen LogP contribution < -0.4 is 0 Å². The maximum absolute atomic E-state index is 13.1. The highest BCUT2D eigenvalue weighted by Gasteiger charge is 2.57. The average molecular weight is 366 g/mol. The van der Waals surface area contributed by atoms with Crippen molar-refractivity contribution < 1.29 is 37.4 Å². The summed E-state index contributed by atoms with van der Waals surface area (Å²) in [7, 11) is 0. The molecule has 4 aliphatic carbocycles. The summed E-state index contributed by atoms with van der Waals surface area (Å²) in [5.74, 6) is -0.822. The van der Waals surface area contributed by atoms with Crippen molar-refractivity contribution in [3.05, 3.63) is 0 Å². The second kappa shape index (κ2) is 6.42. The van der Waals surface area contributed by atoms with E-state index in [-0.39, 0.29) is 11.8 Å². The van der Waals surface area contributed by atoms with Crippen LogP contribution in [0.15, 0.2) is 0 Å². The van der Waals surface area contributed by atoms with Crippen LogP contribution >= 0.6 is 12.0 Å². The van der Waals surface area contributed by atoms with Gasteiger partial charge in [-0.2, -0.15) is 13.1 Å². The molecule has 0 unspecified atom stereocenters. The number of ether oxygens (including phenoxy) is 2. The van der Waals surface area contributed by atoms with Crippen LogP contribution in [-0.4, -0.2) is 34.7 Å². The van der Waals surface area contributed by atoms with E-state index in [1.54, 1.807) is 0 Å². The fourth-order valence-electron chi connectivity index (χ4n) is 4.85. The van der Waals surface area contributed by atoms with Gasteiger partial charge in [0.05, 0.1) is 0 Å². The summed E-state index contributed by atoms with van der Waals surface area (Å²) in [4.78, 5) is 23.2. The predicted octanol–water partition coefficient (Wildman–Crippen LogP) is 3.02. The third-order valence-corrected chi connectivity index (χ3v) is 6.24. The fraction of sp³-hybridized carbons (Fsp3) is 0.867. The monoisotopic (exact) mass is 366 g/mol. The van der Waals surface area contributed by atoms with Gasteiger partial charge in [0.25, 0.3) is 0 Å². The molecule has 0 aromatic heterocycles. The Morgan fingerprint density at radius 1 is 1.17 bits per heavy atom. The molecule has 1 N–H and O–H groups in total. The molecule has 4 fully saturated rings. The van der Waals surface area contributed by atoms with E-state index in [0.717, 1.165) is 25.7 Å². The average Bonchev–Trinajstić information content (AvgIpc) is 2.49. The van der Waals surface area contributed by atoms with Gasteiger partial charge in [0.2, 0.25) is 0 Å². The number of hydrogen-bond donors (Lipinski definition) is 1. The molecule has 0 aromatic carbocycles. The SMILES string of the molecule is CC1(OC(=O)COC(=O)C(F)(F)SOO)C2CC3CC(C2)CC1C3. The smallest absolute Gasteiger partial charge is 0.415 e. The van der Waals surface area contributed by atoms with Gasteiger partial charge in [0, 0.05) is 0 Å². The number of carbonyl (C=O) groups is 2. The van der Waals surface area contributed by atoms with Crippen LogP contribution in [-0.2, 0) is 23.4 Å². The third-order valence-electron chi connectivity index (χ3n) is 5.79. The first kappa shape index (κ1) is 17.9. The molecule has 136 valence electrons. The number of rotatable bonds is 6. The van der Waals surface area contributed by atoms with E-state index in [9.17, 15) is 18.4 Å². The third kappa shape index (κ3) is 3.25. The predicted molar refractivity (Wildman–Crippen MR) is 78.8 cm³/mol. The van der Waals surface area contributed by atoms with E-state index in [1.165, 1.54) is 6.42 Å². The lowest BCUT2D eigenvalue weighted by Crippen LogP contribution is -2.58. The van der Waals surface area contributed by atoms with Gasteiger partial charge in [-0.05, 0) is 62.7 Å². The molecule has 0 spiro atoms. The Bertz CT molecular complexity index is 498. The zero-order chi connectivity index (χ0) is 17.5. The summed E-state index contributed by atoms with van der Waals surface area (Å²) in [6, 6.07) is 0. The van der Waals surface area contributed by atoms with E-state index in [0.29, 0.717) is 11.8 Å². The van der Waals surface area contributed by atoms with E-state index in [2.05, 4.69) is 9.07 Å². The standard InChI is InChI=1S/C15H20F2O6S/c1-14(10-3-8-2-9(5-10)6-11(14)4-8)22-12(18)7-21-13(19)15(16,17)24-23-20/h8-11,20H,2-7H2,1H3. The van der Waals surface area contributed by atoms with Crippen LogP contribution in [0.25, 0.3) is 0 Å². The molecule has 0 radical (unpaired) electrons. The fourth-order valence-corrected chi connectivity index (χ4v) is 5.07. The first-order chi connectivity index (χ1) is 11.2. The summed E-state index contributed by atoms with van der Waals surface area (Å²) in [5, 5.41) is 3.88. The number of hydrogen-bond acceptors (Lipinski definition) is 7. The van der Waals surface area contributed by atoms with E-state index >= 15 is 0 Å². The number of alkyl halides is 2. The topological polar surface area (TPSA) is 82.1 Å². The van der Waals surface area contributed by atoms with Gasteiger partial charge >= 0.3 is 17.2 Å². The van der Waals surface area contributed by atoms with Crippen molar-refractivity contribution in [1.82, 2.24) is 0 Å². The first-order valence-corrected chi connectivity index (χ1v) is 8.75. The summed E-state index contributed by atoms with van der Waals surface area (Å²) < 4.78 is 39.2. The van der Waals surface area contributed by atoms with E-state index in [1.807, 2.05) is 6.92 Å². The number of halogens is 2. The molecule has 4 bridgehead atoms. The molecule has 0 aliphatic heterocycles. The van der Waals surface area contributed by atoms with E-state index < -0.39 is 41.4 Å². The lowest BCUT2D eigenvalue weighted by Gasteiger charge is -2.59. The molecule has 4 saturated carbocycles. The Morgan fingerprint density at radius 2 is 1.71 bits per heavy atom. The van der Waals surface area contributed by atoms with Crippen molar-refractivity contribution in [3.8, 4) is 0 Å². The molecule has 9 heteroatoms. The molecule has 4 aliphatic rings.